The van der Waals surface area contributed by atoms with Crippen molar-refractivity contribution in [1.29, 1.82) is 0 Å². The van der Waals surface area contributed by atoms with E-state index in [2.05, 4.69) is 43.3 Å². The zero-order valence-electron chi connectivity index (χ0n) is 25.1. The molecule has 0 saturated heterocycles. The predicted molar refractivity (Wildman–Crippen MR) is 168 cm³/mol. The Bertz CT molecular complexity index is 1710. The Morgan fingerprint density at radius 1 is 1.10 bits per heavy atom. The molecule has 8 nitrogen and oxygen atoms in total. The molecular formula is C31H39FN6O2S2. The number of halogens is 1. The summed E-state index contributed by atoms with van der Waals surface area (Å²) in [6.07, 6.45) is 4.90. The Kier molecular flexibility index (Phi) is 8.53. The summed E-state index contributed by atoms with van der Waals surface area (Å²) >= 11 is 1.60. The molecule has 1 saturated carbocycles. The standard InChI is InChI=1S/C31H39FN6O2S2/c1-7-24-27-25(12-13-33-24)41-29(37-27)26-19(3)35-30(34-17-31(4,5)6)38-28(26)36-21-9-8-20(15-21)16-42(39,40)22-10-11-23(32)18(2)14-22/h10-14,20-21H,7-9,15-17H2,1-6H3,(H2,34,35,36,38)/t20-,21+/m1/s1. The molecule has 1 aliphatic rings. The van der Waals surface area contributed by atoms with Crippen molar-refractivity contribution < 1.29 is 12.8 Å². The van der Waals surface area contributed by atoms with Crippen LogP contribution in [0.25, 0.3) is 20.8 Å². The van der Waals surface area contributed by atoms with Gasteiger partial charge in [0.25, 0.3) is 0 Å². The molecule has 0 spiro atoms. The number of hydrogen-bond donors (Lipinski definition) is 2. The highest BCUT2D eigenvalue weighted by atomic mass is 32.2. The van der Waals surface area contributed by atoms with Crippen molar-refractivity contribution in [3.05, 3.63) is 53.2 Å². The average molecular weight is 611 g/mol. The van der Waals surface area contributed by atoms with Crippen molar-refractivity contribution in [2.45, 2.75) is 78.2 Å². The van der Waals surface area contributed by atoms with E-state index >= 15 is 0 Å². The number of pyridine rings is 1. The second kappa shape index (κ2) is 11.8. The largest absolute Gasteiger partial charge is 0.367 e. The van der Waals surface area contributed by atoms with E-state index in [1.54, 1.807) is 18.3 Å². The first-order valence-corrected chi connectivity index (χ1v) is 16.9. The summed E-state index contributed by atoms with van der Waals surface area (Å²) in [5, 5.41) is 7.86. The molecule has 3 aromatic heterocycles. The molecule has 0 amide bonds. The maximum Gasteiger partial charge on any atom is 0.224 e. The molecule has 42 heavy (non-hydrogen) atoms. The monoisotopic (exact) mass is 610 g/mol. The van der Waals surface area contributed by atoms with Crippen LogP contribution in [0.5, 0.6) is 0 Å². The molecule has 1 aromatic carbocycles. The van der Waals surface area contributed by atoms with E-state index in [0.29, 0.717) is 30.3 Å². The van der Waals surface area contributed by atoms with E-state index in [1.807, 2.05) is 19.2 Å². The zero-order chi connectivity index (χ0) is 30.2. The van der Waals surface area contributed by atoms with Gasteiger partial charge < -0.3 is 10.6 Å². The highest BCUT2D eigenvalue weighted by Crippen LogP contribution is 2.39. The van der Waals surface area contributed by atoms with Crippen LogP contribution in [0.1, 0.15) is 63.9 Å². The lowest BCUT2D eigenvalue weighted by atomic mass is 9.97. The van der Waals surface area contributed by atoms with Crippen molar-refractivity contribution in [1.82, 2.24) is 19.9 Å². The van der Waals surface area contributed by atoms with Crippen LogP contribution >= 0.6 is 11.3 Å². The van der Waals surface area contributed by atoms with E-state index in [0.717, 1.165) is 51.4 Å². The van der Waals surface area contributed by atoms with Gasteiger partial charge in [-0.15, -0.1) is 11.3 Å². The number of aryl methyl sites for hydroxylation is 3. The Hall–Kier alpha value is -3.18. The molecule has 0 unspecified atom stereocenters. The number of fused-ring (bicyclic) bond motifs is 1. The normalized spacial score (nSPS) is 17.6. The molecule has 0 bridgehead atoms. The summed E-state index contributed by atoms with van der Waals surface area (Å²) in [4.78, 5) is 19.4. The number of thiazole rings is 1. The number of anilines is 2. The summed E-state index contributed by atoms with van der Waals surface area (Å²) in [6, 6.07) is 6.05. The zero-order valence-corrected chi connectivity index (χ0v) is 26.7. The summed E-state index contributed by atoms with van der Waals surface area (Å²) in [7, 11) is -3.53. The molecule has 0 radical (unpaired) electrons. The number of sulfone groups is 1. The van der Waals surface area contributed by atoms with Gasteiger partial charge in [-0.1, -0.05) is 27.7 Å². The topological polar surface area (TPSA) is 110 Å². The van der Waals surface area contributed by atoms with Crippen molar-refractivity contribution in [3.63, 3.8) is 0 Å². The fourth-order valence-corrected chi connectivity index (χ4v) is 8.23. The first kappa shape index (κ1) is 30.3. The molecule has 11 heteroatoms. The third kappa shape index (κ3) is 6.72. The second-order valence-corrected chi connectivity index (χ2v) is 15.5. The lowest BCUT2D eigenvalue weighted by molar-refractivity contribution is 0.441. The van der Waals surface area contributed by atoms with Gasteiger partial charge in [0.15, 0.2) is 9.84 Å². The highest BCUT2D eigenvalue weighted by molar-refractivity contribution is 7.91. The average Bonchev–Trinajstić information content (AvgIpc) is 3.54. The molecule has 4 aromatic rings. The van der Waals surface area contributed by atoms with E-state index in [-0.39, 0.29) is 28.0 Å². The van der Waals surface area contributed by atoms with Crippen molar-refractivity contribution in [2.24, 2.45) is 11.3 Å². The number of aromatic nitrogens is 4. The van der Waals surface area contributed by atoms with Gasteiger partial charge in [0, 0.05) is 18.8 Å². The van der Waals surface area contributed by atoms with Gasteiger partial charge in [-0.05, 0) is 80.7 Å². The predicted octanol–water partition coefficient (Wildman–Crippen LogP) is 6.98. The molecule has 5 rings (SSSR count). The van der Waals surface area contributed by atoms with Gasteiger partial charge in [0.05, 0.1) is 32.3 Å². The summed E-state index contributed by atoms with van der Waals surface area (Å²) < 4.78 is 41.1. The van der Waals surface area contributed by atoms with Gasteiger partial charge in [-0.25, -0.2) is 22.8 Å². The minimum atomic E-state index is -3.53. The Morgan fingerprint density at radius 2 is 1.88 bits per heavy atom. The number of hydrogen-bond acceptors (Lipinski definition) is 9. The van der Waals surface area contributed by atoms with Gasteiger partial charge >= 0.3 is 0 Å². The first-order valence-electron chi connectivity index (χ1n) is 14.5. The fraction of sp³-hybridized carbons (Fsp3) is 0.484. The van der Waals surface area contributed by atoms with E-state index < -0.39 is 15.7 Å². The lowest BCUT2D eigenvalue weighted by Gasteiger charge is -2.21. The van der Waals surface area contributed by atoms with E-state index in [9.17, 15) is 12.8 Å². The Morgan fingerprint density at radius 3 is 2.60 bits per heavy atom. The lowest BCUT2D eigenvalue weighted by Crippen LogP contribution is -2.23. The van der Waals surface area contributed by atoms with Gasteiger partial charge in [0.2, 0.25) is 5.95 Å². The minimum Gasteiger partial charge on any atom is -0.367 e. The van der Waals surface area contributed by atoms with Crippen LogP contribution in [0.2, 0.25) is 0 Å². The van der Waals surface area contributed by atoms with Gasteiger partial charge in [-0.2, -0.15) is 4.98 Å². The Balaban J connectivity index is 1.42. The second-order valence-electron chi connectivity index (χ2n) is 12.5. The maximum atomic E-state index is 13.7. The van der Waals surface area contributed by atoms with Crippen molar-refractivity contribution in [2.75, 3.05) is 22.9 Å². The molecule has 0 aliphatic heterocycles. The molecule has 3 heterocycles. The smallest absolute Gasteiger partial charge is 0.224 e. The molecule has 1 fully saturated rings. The van der Waals surface area contributed by atoms with Crippen LogP contribution in [0, 0.1) is 31.0 Å². The molecule has 224 valence electrons. The van der Waals surface area contributed by atoms with Crippen LogP contribution in [0.3, 0.4) is 0 Å². The molecule has 2 atom stereocenters. The SMILES string of the molecule is CCc1nccc2sc(-c3c(C)nc(NCC(C)(C)C)nc3N[C@H]3CC[C@@H](CS(=O)(=O)c4ccc(F)c(C)c4)C3)nc12. The maximum absolute atomic E-state index is 13.7. The van der Waals surface area contributed by atoms with Crippen LogP contribution in [-0.2, 0) is 16.3 Å². The third-order valence-electron chi connectivity index (χ3n) is 7.62. The van der Waals surface area contributed by atoms with Crippen LogP contribution in [0.15, 0.2) is 35.4 Å². The molecule has 1 aliphatic carbocycles. The van der Waals surface area contributed by atoms with Crippen LogP contribution in [0.4, 0.5) is 16.2 Å². The van der Waals surface area contributed by atoms with Crippen molar-refractivity contribution in [3.8, 4) is 10.6 Å². The van der Waals surface area contributed by atoms with Gasteiger partial charge in [0.1, 0.15) is 22.2 Å². The summed E-state index contributed by atoms with van der Waals surface area (Å²) in [5.74, 6) is 0.876. The summed E-state index contributed by atoms with van der Waals surface area (Å²) in [6.45, 7) is 12.8. The number of benzene rings is 1. The third-order valence-corrected chi connectivity index (χ3v) is 10.5. The quantitative estimate of drug-likeness (QED) is 0.195. The van der Waals surface area contributed by atoms with E-state index in [4.69, 9.17) is 15.0 Å². The van der Waals surface area contributed by atoms with Crippen molar-refractivity contribution >= 4 is 43.2 Å². The van der Waals surface area contributed by atoms with Crippen LogP contribution in [-0.4, -0.2) is 46.7 Å². The highest BCUT2D eigenvalue weighted by Gasteiger charge is 2.31. The van der Waals surface area contributed by atoms with Crippen LogP contribution < -0.4 is 10.6 Å². The number of nitrogens with one attached hydrogen (secondary N) is 2. The molecular weight excluding hydrogens is 572 g/mol. The van der Waals surface area contributed by atoms with E-state index in [1.165, 1.54) is 18.2 Å². The molecule has 2 N–H and O–H groups in total. The summed E-state index contributed by atoms with van der Waals surface area (Å²) in [5.41, 5.74) is 3.93. The fourth-order valence-electron chi connectivity index (χ4n) is 5.40. The minimum absolute atomic E-state index is 0.0108. The first-order chi connectivity index (χ1) is 19.8. The number of nitrogens with zero attached hydrogens (tertiary/aromatic N) is 4. The van der Waals surface area contributed by atoms with Gasteiger partial charge in [-0.3, -0.25) is 4.98 Å². The number of rotatable bonds is 9. The Labute approximate surface area is 251 Å².